The van der Waals surface area contributed by atoms with E-state index in [1.54, 1.807) is 18.2 Å². The third-order valence-electron chi connectivity index (χ3n) is 2.67. The maximum Gasteiger partial charge on any atom is 0.169 e. The summed E-state index contributed by atoms with van der Waals surface area (Å²) in [7, 11) is 1.46. The Morgan fingerprint density at radius 1 is 1.31 bits per heavy atom. The van der Waals surface area contributed by atoms with Crippen molar-refractivity contribution in [3.63, 3.8) is 0 Å². The van der Waals surface area contributed by atoms with Crippen molar-refractivity contribution in [1.29, 1.82) is 0 Å². The van der Waals surface area contributed by atoms with E-state index < -0.39 is 0 Å². The SMILES string of the molecule is COc1cccc([C@H](N)CCC(C)C)c1F. The predicted molar refractivity (Wildman–Crippen MR) is 64.0 cm³/mol. The number of rotatable bonds is 5. The molecule has 0 saturated carbocycles. The van der Waals surface area contributed by atoms with Crippen LogP contribution in [-0.4, -0.2) is 7.11 Å². The number of halogens is 1. The summed E-state index contributed by atoms with van der Waals surface area (Å²) in [4.78, 5) is 0. The molecule has 1 aromatic carbocycles. The quantitative estimate of drug-likeness (QED) is 0.834. The Morgan fingerprint density at radius 3 is 2.56 bits per heavy atom. The van der Waals surface area contributed by atoms with Crippen molar-refractivity contribution in [3.05, 3.63) is 29.6 Å². The molecule has 1 rings (SSSR count). The predicted octanol–water partition coefficient (Wildman–Crippen LogP) is 3.27. The monoisotopic (exact) mass is 225 g/mol. The lowest BCUT2D eigenvalue weighted by atomic mass is 9.98. The summed E-state index contributed by atoms with van der Waals surface area (Å²) in [5, 5.41) is 0. The van der Waals surface area contributed by atoms with Crippen molar-refractivity contribution in [3.8, 4) is 5.75 Å². The third-order valence-corrected chi connectivity index (χ3v) is 2.67. The molecule has 0 radical (unpaired) electrons. The minimum absolute atomic E-state index is 0.252. The molecule has 1 aromatic rings. The fourth-order valence-corrected chi connectivity index (χ4v) is 1.64. The average Bonchev–Trinajstić information content (AvgIpc) is 2.26. The molecule has 0 heterocycles. The first-order valence-electron chi connectivity index (χ1n) is 5.64. The van der Waals surface area contributed by atoms with Crippen LogP contribution in [-0.2, 0) is 0 Å². The van der Waals surface area contributed by atoms with Gasteiger partial charge in [-0.15, -0.1) is 0 Å². The number of ether oxygens (including phenoxy) is 1. The van der Waals surface area contributed by atoms with Crippen LogP contribution in [0.15, 0.2) is 18.2 Å². The van der Waals surface area contributed by atoms with Gasteiger partial charge in [0.05, 0.1) is 7.11 Å². The maximum atomic E-state index is 13.8. The van der Waals surface area contributed by atoms with Gasteiger partial charge in [-0.25, -0.2) is 4.39 Å². The van der Waals surface area contributed by atoms with Crippen LogP contribution in [0.1, 0.15) is 38.3 Å². The molecular weight excluding hydrogens is 205 g/mol. The van der Waals surface area contributed by atoms with E-state index in [4.69, 9.17) is 10.5 Å². The van der Waals surface area contributed by atoms with Crippen molar-refractivity contribution in [2.45, 2.75) is 32.7 Å². The highest BCUT2D eigenvalue weighted by molar-refractivity contribution is 5.32. The summed E-state index contributed by atoms with van der Waals surface area (Å²) in [6.45, 7) is 4.27. The molecule has 2 N–H and O–H groups in total. The van der Waals surface area contributed by atoms with Crippen molar-refractivity contribution in [2.24, 2.45) is 11.7 Å². The summed E-state index contributed by atoms with van der Waals surface area (Å²) in [5.41, 5.74) is 6.51. The van der Waals surface area contributed by atoms with Crippen LogP contribution in [0, 0.1) is 11.7 Å². The molecule has 0 unspecified atom stereocenters. The second-order valence-electron chi connectivity index (χ2n) is 4.44. The number of hydrogen-bond donors (Lipinski definition) is 1. The molecule has 0 saturated heterocycles. The van der Waals surface area contributed by atoms with Crippen LogP contribution < -0.4 is 10.5 Å². The van der Waals surface area contributed by atoms with Gasteiger partial charge in [-0.05, 0) is 24.8 Å². The molecule has 0 bridgehead atoms. The van der Waals surface area contributed by atoms with E-state index in [0.717, 1.165) is 12.8 Å². The number of nitrogens with two attached hydrogens (primary N) is 1. The zero-order chi connectivity index (χ0) is 12.1. The van der Waals surface area contributed by atoms with Gasteiger partial charge in [0.25, 0.3) is 0 Å². The fraction of sp³-hybridized carbons (Fsp3) is 0.538. The zero-order valence-electron chi connectivity index (χ0n) is 10.2. The molecule has 90 valence electrons. The van der Waals surface area contributed by atoms with E-state index in [-0.39, 0.29) is 17.6 Å². The Kier molecular flexibility index (Phi) is 4.74. The van der Waals surface area contributed by atoms with Gasteiger partial charge in [0.15, 0.2) is 11.6 Å². The third kappa shape index (κ3) is 3.20. The number of benzene rings is 1. The average molecular weight is 225 g/mol. The van der Waals surface area contributed by atoms with E-state index in [0.29, 0.717) is 11.5 Å². The molecule has 0 spiro atoms. The van der Waals surface area contributed by atoms with Crippen LogP contribution in [0.4, 0.5) is 4.39 Å². The first-order valence-corrected chi connectivity index (χ1v) is 5.64. The van der Waals surface area contributed by atoms with E-state index in [2.05, 4.69) is 13.8 Å². The highest BCUT2D eigenvalue weighted by Crippen LogP contribution is 2.26. The van der Waals surface area contributed by atoms with E-state index >= 15 is 0 Å². The summed E-state index contributed by atoms with van der Waals surface area (Å²) in [6, 6.07) is 4.85. The van der Waals surface area contributed by atoms with Crippen LogP contribution in [0.2, 0.25) is 0 Å². The summed E-state index contributed by atoms with van der Waals surface area (Å²) < 4.78 is 18.8. The van der Waals surface area contributed by atoms with Crippen molar-refractivity contribution >= 4 is 0 Å². The molecule has 0 aliphatic carbocycles. The highest BCUT2D eigenvalue weighted by atomic mass is 19.1. The standard InChI is InChI=1S/C13H20FNO/c1-9(2)7-8-11(15)10-5-4-6-12(16-3)13(10)14/h4-6,9,11H,7-8,15H2,1-3H3/t11-/m1/s1. The second kappa shape index (κ2) is 5.85. The first kappa shape index (κ1) is 13.0. The largest absolute Gasteiger partial charge is 0.494 e. The van der Waals surface area contributed by atoms with Crippen molar-refractivity contribution in [2.75, 3.05) is 7.11 Å². The Balaban J connectivity index is 2.78. The number of methoxy groups -OCH3 is 1. The molecule has 0 fully saturated rings. The normalized spacial score (nSPS) is 12.9. The highest BCUT2D eigenvalue weighted by Gasteiger charge is 2.15. The van der Waals surface area contributed by atoms with Crippen LogP contribution in [0.5, 0.6) is 5.75 Å². The Hall–Kier alpha value is -1.09. The van der Waals surface area contributed by atoms with Gasteiger partial charge in [0.1, 0.15) is 0 Å². The molecule has 2 nitrogen and oxygen atoms in total. The number of hydrogen-bond acceptors (Lipinski definition) is 2. The molecule has 3 heteroatoms. The maximum absolute atomic E-state index is 13.8. The lowest BCUT2D eigenvalue weighted by Gasteiger charge is -2.15. The summed E-state index contributed by atoms with van der Waals surface area (Å²) >= 11 is 0. The lowest BCUT2D eigenvalue weighted by Crippen LogP contribution is -2.13. The second-order valence-corrected chi connectivity index (χ2v) is 4.44. The van der Waals surface area contributed by atoms with Crippen LogP contribution >= 0.6 is 0 Å². The molecule has 0 aromatic heterocycles. The van der Waals surface area contributed by atoms with Crippen molar-refractivity contribution in [1.82, 2.24) is 0 Å². The van der Waals surface area contributed by atoms with Crippen LogP contribution in [0.25, 0.3) is 0 Å². The minimum atomic E-state index is -0.332. The van der Waals surface area contributed by atoms with Gasteiger partial charge in [-0.1, -0.05) is 26.0 Å². The molecule has 1 atom stereocenters. The Bertz CT molecular complexity index is 339. The van der Waals surface area contributed by atoms with Gasteiger partial charge in [-0.2, -0.15) is 0 Å². The minimum Gasteiger partial charge on any atom is -0.494 e. The smallest absolute Gasteiger partial charge is 0.169 e. The Labute approximate surface area is 96.6 Å². The molecule has 0 aliphatic rings. The van der Waals surface area contributed by atoms with E-state index in [1.165, 1.54) is 7.11 Å². The molecule has 0 aliphatic heterocycles. The van der Waals surface area contributed by atoms with E-state index in [1.807, 2.05) is 0 Å². The first-order chi connectivity index (χ1) is 7.56. The molecular formula is C13H20FNO. The summed E-state index contributed by atoms with van der Waals surface area (Å²) in [6.07, 6.45) is 1.79. The van der Waals surface area contributed by atoms with Gasteiger partial charge in [-0.3, -0.25) is 0 Å². The molecule has 16 heavy (non-hydrogen) atoms. The van der Waals surface area contributed by atoms with Gasteiger partial charge in [0.2, 0.25) is 0 Å². The Morgan fingerprint density at radius 2 is 2.00 bits per heavy atom. The van der Waals surface area contributed by atoms with Gasteiger partial charge >= 0.3 is 0 Å². The zero-order valence-corrected chi connectivity index (χ0v) is 10.2. The lowest BCUT2D eigenvalue weighted by molar-refractivity contribution is 0.380. The van der Waals surface area contributed by atoms with Gasteiger partial charge < -0.3 is 10.5 Å². The summed E-state index contributed by atoms with van der Waals surface area (Å²) in [5.74, 6) is 0.512. The molecule has 0 amide bonds. The topological polar surface area (TPSA) is 35.2 Å². The van der Waals surface area contributed by atoms with E-state index in [9.17, 15) is 4.39 Å². The van der Waals surface area contributed by atoms with Crippen LogP contribution in [0.3, 0.4) is 0 Å². The fourth-order valence-electron chi connectivity index (χ4n) is 1.64. The van der Waals surface area contributed by atoms with Gasteiger partial charge in [0, 0.05) is 11.6 Å². The van der Waals surface area contributed by atoms with Crippen molar-refractivity contribution < 1.29 is 9.13 Å².